The van der Waals surface area contributed by atoms with Crippen LogP contribution in [0.5, 0.6) is 0 Å². The van der Waals surface area contributed by atoms with Gasteiger partial charge in [-0.25, -0.2) is 4.98 Å². The Morgan fingerprint density at radius 2 is 2.25 bits per heavy atom. The topological polar surface area (TPSA) is 49.6 Å². The molecule has 0 atom stereocenters. The number of nitrogens with zero attached hydrogens (tertiary/aromatic N) is 3. The van der Waals surface area contributed by atoms with Crippen LogP contribution in [0, 0.1) is 11.3 Å². The van der Waals surface area contributed by atoms with Crippen LogP contribution in [0.2, 0.25) is 5.15 Å². The molecule has 78 valence electrons. The number of pyridine rings is 2. The van der Waals surface area contributed by atoms with Gasteiger partial charge in [0.15, 0.2) is 0 Å². The van der Waals surface area contributed by atoms with Crippen molar-refractivity contribution in [3.05, 3.63) is 45.8 Å². The van der Waals surface area contributed by atoms with Gasteiger partial charge in [0.25, 0.3) is 0 Å². The van der Waals surface area contributed by atoms with E-state index < -0.39 is 0 Å². The van der Waals surface area contributed by atoms with E-state index in [2.05, 4.69) is 25.9 Å². The van der Waals surface area contributed by atoms with Crippen LogP contribution >= 0.6 is 27.5 Å². The molecule has 16 heavy (non-hydrogen) atoms. The molecule has 0 N–H and O–H groups in total. The predicted octanol–water partition coefficient (Wildman–Crippen LogP) is 3.43. The molecule has 0 fully saturated rings. The number of aromatic nitrogens is 2. The third-order valence-electron chi connectivity index (χ3n) is 1.98. The number of rotatable bonds is 1. The summed E-state index contributed by atoms with van der Waals surface area (Å²) in [6.07, 6.45) is 3.37. The molecule has 0 unspecified atom stereocenters. The Morgan fingerprint density at radius 1 is 1.44 bits per heavy atom. The molecule has 0 amide bonds. The van der Waals surface area contributed by atoms with E-state index in [1.165, 1.54) is 0 Å². The second kappa shape index (κ2) is 4.60. The fourth-order valence-corrected chi connectivity index (χ4v) is 1.98. The van der Waals surface area contributed by atoms with Gasteiger partial charge in [-0.2, -0.15) is 5.26 Å². The summed E-state index contributed by atoms with van der Waals surface area (Å²) < 4.78 is 0.724. The standard InChI is InChI=1S/C11H5BrClN3/c12-9-4-8(5-14)11(13)16-10(9)7-2-1-3-15-6-7/h1-4,6H. The lowest BCUT2D eigenvalue weighted by molar-refractivity contribution is 1.25. The smallest absolute Gasteiger partial charge is 0.147 e. The van der Waals surface area contributed by atoms with Crippen LogP contribution in [0.1, 0.15) is 5.56 Å². The first kappa shape index (κ1) is 11.1. The predicted molar refractivity (Wildman–Crippen MR) is 64.9 cm³/mol. The van der Waals surface area contributed by atoms with Crippen molar-refractivity contribution in [2.24, 2.45) is 0 Å². The third-order valence-corrected chi connectivity index (χ3v) is 2.88. The fraction of sp³-hybridized carbons (Fsp3) is 0. The van der Waals surface area contributed by atoms with Gasteiger partial charge in [0.2, 0.25) is 0 Å². The van der Waals surface area contributed by atoms with Gasteiger partial charge in [-0.1, -0.05) is 11.6 Å². The molecule has 0 bridgehead atoms. The molecule has 2 aromatic rings. The van der Waals surface area contributed by atoms with Crippen LogP contribution in [-0.2, 0) is 0 Å². The van der Waals surface area contributed by atoms with Crippen molar-refractivity contribution in [3.63, 3.8) is 0 Å². The van der Waals surface area contributed by atoms with Crippen LogP contribution in [0.3, 0.4) is 0 Å². The highest BCUT2D eigenvalue weighted by Gasteiger charge is 2.10. The zero-order valence-corrected chi connectivity index (χ0v) is 10.3. The molecular weight excluding hydrogens is 289 g/mol. The van der Waals surface area contributed by atoms with Crippen molar-refractivity contribution in [3.8, 4) is 17.3 Å². The number of nitriles is 1. The normalized spacial score (nSPS) is 9.81. The van der Waals surface area contributed by atoms with E-state index in [9.17, 15) is 0 Å². The summed E-state index contributed by atoms with van der Waals surface area (Å²) in [6.45, 7) is 0. The zero-order valence-electron chi connectivity index (χ0n) is 7.98. The van der Waals surface area contributed by atoms with Crippen LogP contribution in [0.15, 0.2) is 35.1 Å². The fourth-order valence-electron chi connectivity index (χ4n) is 1.25. The second-order valence-electron chi connectivity index (χ2n) is 3.01. The quantitative estimate of drug-likeness (QED) is 0.757. The van der Waals surface area contributed by atoms with E-state index in [1.54, 1.807) is 18.5 Å². The molecule has 0 aliphatic carbocycles. The summed E-state index contributed by atoms with van der Waals surface area (Å²) in [6, 6.07) is 7.32. The third kappa shape index (κ3) is 2.06. The molecule has 0 saturated carbocycles. The van der Waals surface area contributed by atoms with Crippen LogP contribution in [0.4, 0.5) is 0 Å². The van der Waals surface area contributed by atoms with E-state index in [0.29, 0.717) is 11.3 Å². The van der Waals surface area contributed by atoms with Crippen molar-refractivity contribution in [2.75, 3.05) is 0 Å². The highest BCUT2D eigenvalue weighted by Crippen LogP contribution is 2.29. The van der Waals surface area contributed by atoms with Crippen molar-refractivity contribution in [1.29, 1.82) is 5.26 Å². The van der Waals surface area contributed by atoms with Crippen molar-refractivity contribution in [2.45, 2.75) is 0 Å². The van der Waals surface area contributed by atoms with Crippen molar-refractivity contribution >= 4 is 27.5 Å². The maximum absolute atomic E-state index is 8.80. The number of hydrogen-bond donors (Lipinski definition) is 0. The minimum Gasteiger partial charge on any atom is -0.264 e. The highest BCUT2D eigenvalue weighted by molar-refractivity contribution is 9.10. The average molecular weight is 295 g/mol. The van der Waals surface area contributed by atoms with E-state index in [0.717, 1.165) is 10.0 Å². The van der Waals surface area contributed by atoms with Crippen LogP contribution < -0.4 is 0 Å². The van der Waals surface area contributed by atoms with Gasteiger partial charge in [0.1, 0.15) is 11.2 Å². The van der Waals surface area contributed by atoms with Gasteiger partial charge in [0, 0.05) is 22.4 Å². The van der Waals surface area contributed by atoms with E-state index in [4.69, 9.17) is 16.9 Å². The van der Waals surface area contributed by atoms with Gasteiger partial charge >= 0.3 is 0 Å². The highest BCUT2D eigenvalue weighted by atomic mass is 79.9. The molecule has 5 heteroatoms. The second-order valence-corrected chi connectivity index (χ2v) is 4.22. The maximum atomic E-state index is 8.80. The summed E-state index contributed by atoms with van der Waals surface area (Å²) in [5.41, 5.74) is 1.87. The van der Waals surface area contributed by atoms with Crippen LogP contribution in [0.25, 0.3) is 11.3 Å². The van der Waals surface area contributed by atoms with Crippen molar-refractivity contribution in [1.82, 2.24) is 9.97 Å². The molecule has 0 aliphatic rings. The Bertz CT molecular complexity index is 563. The van der Waals surface area contributed by atoms with E-state index in [-0.39, 0.29) is 5.15 Å². The molecule has 3 nitrogen and oxygen atoms in total. The van der Waals surface area contributed by atoms with E-state index in [1.807, 2.05) is 18.2 Å². The summed E-state index contributed by atoms with van der Waals surface area (Å²) in [7, 11) is 0. The average Bonchev–Trinajstić information content (AvgIpc) is 2.32. The summed E-state index contributed by atoms with van der Waals surface area (Å²) >= 11 is 9.24. The Hall–Kier alpha value is -1.44. The Labute approximate surface area is 106 Å². The number of hydrogen-bond acceptors (Lipinski definition) is 3. The molecule has 0 radical (unpaired) electrons. The minimum atomic E-state index is 0.199. The first-order chi connectivity index (χ1) is 7.72. The lowest BCUT2D eigenvalue weighted by atomic mass is 10.2. The van der Waals surface area contributed by atoms with Crippen molar-refractivity contribution < 1.29 is 0 Å². The minimum absolute atomic E-state index is 0.199. The zero-order chi connectivity index (χ0) is 11.5. The summed E-state index contributed by atoms with van der Waals surface area (Å²) in [5.74, 6) is 0. The Kier molecular flexibility index (Phi) is 3.18. The van der Waals surface area contributed by atoms with Gasteiger partial charge in [-0.3, -0.25) is 4.98 Å². The van der Waals surface area contributed by atoms with Gasteiger partial charge in [0.05, 0.1) is 11.3 Å². The first-order valence-electron chi connectivity index (χ1n) is 4.39. The number of halogens is 2. The molecule has 2 aromatic heterocycles. The summed E-state index contributed by atoms with van der Waals surface area (Å²) in [5, 5.41) is 9.00. The lowest BCUT2D eigenvalue weighted by Gasteiger charge is -2.04. The molecule has 0 spiro atoms. The molecular formula is C11H5BrClN3. The molecule has 2 heterocycles. The SMILES string of the molecule is N#Cc1cc(Br)c(-c2cccnc2)nc1Cl. The molecule has 2 rings (SSSR count). The molecule has 0 saturated heterocycles. The largest absolute Gasteiger partial charge is 0.264 e. The Balaban J connectivity index is 2.60. The summed E-state index contributed by atoms with van der Waals surface area (Å²) in [4.78, 5) is 8.18. The van der Waals surface area contributed by atoms with Gasteiger partial charge < -0.3 is 0 Å². The van der Waals surface area contributed by atoms with E-state index >= 15 is 0 Å². The molecule has 0 aliphatic heterocycles. The molecule has 0 aromatic carbocycles. The van der Waals surface area contributed by atoms with Gasteiger partial charge in [-0.15, -0.1) is 0 Å². The van der Waals surface area contributed by atoms with Gasteiger partial charge in [-0.05, 0) is 34.1 Å². The Morgan fingerprint density at radius 3 is 2.88 bits per heavy atom. The maximum Gasteiger partial charge on any atom is 0.147 e. The monoisotopic (exact) mass is 293 g/mol. The first-order valence-corrected chi connectivity index (χ1v) is 5.56. The van der Waals surface area contributed by atoms with Crippen LogP contribution in [-0.4, -0.2) is 9.97 Å². The lowest BCUT2D eigenvalue weighted by Crippen LogP contribution is -1.90.